The third-order valence-electron chi connectivity index (χ3n) is 5.09. The van der Waals surface area contributed by atoms with Crippen molar-refractivity contribution in [3.8, 4) is 0 Å². The average molecular weight is 363 g/mol. The van der Waals surface area contributed by atoms with Gasteiger partial charge in [-0.05, 0) is 31.5 Å². The van der Waals surface area contributed by atoms with Crippen molar-refractivity contribution in [1.29, 1.82) is 0 Å². The summed E-state index contributed by atoms with van der Waals surface area (Å²) in [6, 6.07) is 3.27. The Kier molecular flexibility index (Phi) is 3.85. The molecule has 1 saturated heterocycles. The Labute approximate surface area is 148 Å². The summed E-state index contributed by atoms with van der Waals surface area (Å²) in [6.07, 6.45) is 0.397. The summed E-state index contributed by atoms with van der Waals surface area (Å²) < 4.78 is 32.2. The molecule has 138 valence electrons. The number of β-amino-alcohol motifs (C(OH)–C–C–N with tert-alkyl or cyclic N) is 1. The Bertz CT molecular complexity index is 877. The van der Waals surface area contributed by atoms with E-state index in [9.17, 15) is 18.7 Å². The first kappa shape index (κ1) is 17.1. The fourth-order valence-corrected chi connectivity index (χ4v) is 3.70. The second kappa shape index (κ2) is 5.85. The van der Waals surface area contributed by atoms with Crippen LogP contribution in [0.15, 0.2) is 18.2 Å². The van der Waals surface area contributed by atoms with Crippen LogP contribution in [0, 0.1) is 11.6 Å². The van der Waals surface area contributed by atoms with Crippen LogP contribution in [0.25, 0.3) is 0 Å². The van der Waals surface area contributed by atoms with Crippen LogP contribution in [0.2, 0.25) is 0 Å². The van der Waals surface area contributed by atoms with E-state index >= 15 is 0 Å². The maximum absolute atomic E-state index is 13.4. The fourth-order valence-electron chi connectivity index (χ4n) is 3.70. The molecule has 0 bridgehead atoms. The van der Waals surface area contributed by atoms with Crippen molar-refractivity contribution in [2.75, 3.05) is 13.1 Å². The van der Waals surface area contributed by atoms with E-state index in [1.54, 1.807) is 0 Å². The number of aromatic nitrogens is 2. The number of fused-ring (bicyclic) bond motifs is 1. The lowest BCUT2D eigenvalue weighted by atomic mass is 9.85. The van der Waals surface area contributed by atoms with Gasteiger partial charge in [-0.1, -0.05) is 6.07 Å². The van der Waals surface area contributed by atoms with Gasteiger partial charge in [0.2, 0.25) is 0 Å². The molecule has 0 spiro atoms. The highest BCUT2D eigenvalue weighted by Crippen LogP contribution is 2.35. The van der Waals surface area contributed by atoms with E-state index in [-0.39, 0.29) is 36.8 Å². The van der Waals surface area contributed by atoms with E-state index in [4.69, 9.17) is 4.74 Å². The summed E-state index contributed by atoms with van der Waals surface area (Å²) in [7, 11) is 0. The van der Waals surface area contributed by atoms with E-state index in [1.807, 2.05) is 13.8 Å². The lowest BCUT2D eigenvalue weighted by Crippen LogP contribution is -2.61. The third kappa shape index (κ3) is 2.60. The van der Waals surface area contributed by atoms with Crippen molar-refractivity contribution >= 4 is 5.91 Å². The summed E-state index contributed by atoms with van der Waals surface area (Å²) in [6.45, 7) is 3.83. The Morgan fingerprint density at radius 3 is 2.77 bits per heavy atom. The van der Waals surface area contributed by atoms with Gasteiger partial charge in [0, 0.05) is 12.0 Å². The number of carbonyl (C=O) groups excluding carboxylic acids is 1. The van der Waals surface area contributed by atoms with Crippen molar-refractivity contribution in [3.05, 3.63) is 52.3 Å². The van der Waals surface area contributed by atoms with E-state index in [0.29, 0.717) is 12.1 Å². The molecule has 8 heteroatoms. The average Bonchev–Trinajstić information content (AvgIpc) is 2.98. The van der Waals surface area contributed by atoms with Gasteiger partial charge < -0.3 is 14.7 Å². The highest BCUT2D eigenvalue weighted by molar-refractivity contribution is 5.95. The van der Waals surface area contributed by atoms with Crippen LogP contribution in [0.5, 0.6) is 0 Å². The SMILES string of the molecule is C[C@@H]1Cc2c(C(=O)N3CC(O)(c4ccc(F)c(F)c4)C3)n[nH]c2[C@H](C)O1. The fraction of sp³-hybridized carbons (Fsp3) is 0.444. The van der Waals surface area contributed by atoms with Crippen LogP contribution < -0.4 is 0 Å². The quantitative estimate of drug-likeness (QED) is 0.856. The number of aromatic amines is 1. The summed E-state index contributed by atoms with van der Waals surface area (Å²) in [5, 5.41) is 17.6. The zero-order valence-electron chi connectivity index (χ0n) is 14.4. The molecule has 2 atom stereocenters. The normalized spacial score (nSPS) is 24.1. The molecular weight excluding hydrogens is 344 g/mol. The highest BCUT2D eigenvalue weighted by Gasteiger charge is 2.46. The van der Waals surface area contributed by atoms with E-state index in [2.05, 4.69) is 10.2 Å². The number of halogens is 2. The number of rotatable bonds is 2. The first-order valence-corrected chi connectivity index (χ1v) is 8.48. The van der Waals surface area contributed by atoms with E-state index < -0.39 is 17.2 Å². The summed E-state index contributed by atoms with van der Waals surface area (Å²) in [4.78, 5) is 14.2. The molecule has 1 aromatic heterocycles. The molecule has 2 N–H and O–H groups in total. The third-order valence-corrected chi connectivity index (χ3v) is 5.09. The summed E-state index contributed by atoms with van der Waals surface area (Å²) >= 11 is 0. The largest absolute Gasteiger partial charge is 0.381 e. The minimum atomic E-state index is -1.38. The number of nitrogens with one attached hydrogen (secondary N) is 1. The van der Waals surface area contributed by atoms with Gasteiger partial charge in [0.25, 0.3) is 5.91 Å². The van der Waals surface area contributed by atoms with Crippen molar-refractivity contribution in [2.45, 2.75) is 38.1 Å². The summed E-state index contributed by atoms with van der Waals surface area (Å²) in [5.74, 6) is -2.29. The van der Waals surface area contributed by atoms with Crippen molar-refractivity contribution in [1.82, 2.24) is 15.1 Å². The van der Waals surface area contributed by atoms with Crippen molar-refractivity contribution in [2.24, 2.45) is 0 Å². The molecule has 0 saturated carbocycles. The molecule has 4 rings (SSSR count). The Morgan fingerprint density at radius 2 is 2.08 bits per heavy atom. The predicted octanol–water partition coefficient (Wildman–Crippen LogP) is 2.05. The number of likely N-dealkylation sites (tertiary alicyclic amines) is 1. The van der Waals surface area contributed by atoms with Gasteiger partial charge in [0.15, 0.2) is 17.3 Å². The maximum atomic E-state index is 13.4. The second-order valence-electron chi connectivity index (χ2n) is 7.08. The maximum Gasteiger partial charge on any atom is 0.274 e. The van der Waals surface area contributed by atoms with Crippen LogP contribution >= 0.6 is 0 Å². The van der Waals surface area contributed by atoms with Gasteiger partial charge in [0.1, 0.15) is 5.60 Å². The Hall–Kier alpha value is -2.32. The topological polar surface area (TPSA) is 78.5 Å². The molecule has 2 aliphatic rings. The van der Waals surface area contributed by atoms with E-state index in [0.717, 1.165) is 23.4 Å². The van der Waals surface area contributed by atoms with Crippen molar-refractivity contribution < 1.29 is 23.4 Å². The molecule has 26 heavy (non-hydrogen) atoms. The highest BCUT2D eigenvalue weighted by atomic mass is 19.2. The molecule has 1 amide bonds. The van der Waals surface area contributed by atoms with Gasteiger partial charge >= 0.3 is 0 Å². The molecular formula is C18H19F2N3O3. The van der Waals surface area contributed by atoms with Gasteiger partial charge in [-0.15, -0.1) is 0 Å². The zero-order chi connectivity index (χ0) is 18.6. The molecule has 2 aliphatic heterocycles. The smallest absolute Gasteiger partial charge is 0.274 e. The molecule has 0 unspecified atom stereocenters. The number of hydrogen-bond donors (Lipinski definition) is 2. The summed E-state index contributed by atoms with van der Waals surface area (Å²) in [5.41, 5.74) is 0.825. The number of aliphatic hydroxyl groups is 1. The lowest BCUT2D eigenvalue weighted by Gasteiger charge is -2.46. The van der Waals surface area contributed by atoms with Gasteiger partial charge in [-0.25, -0.2) is 8.78 Å². The number of ether oxygens (including phenoxy) is 1. The Balaban J connectivity index is 1.53. The minimum absolute atomic E-state index is 0.000145. The van der Waals surface area contributed by atoms with Crippen LogP contribution in [0.4, 0.5) is 8.78 Å². The standard InChI is InChI=1S/C18H19F2N3O3/c1-9-5-12-15(10(2)26-9)21-22-16(12)17(24)23-7-18(25,8-23)11-3-4-13(19)14(20)6-11/h3-4,6,9-10,25H,5,7-8H2,1-2H3,(H,21,22)/t9-,10+/m1/s1. The van der Waals surface area contributed by atoms with Gasteiger partial charge in [-0.2, -0.15) is 5.10 Å². The molecule has 2 aromatic rings. The molecule has 0 aliphatic carbocycles. The molecule has 0 radical (unpaired) electrons. The van der Waals surface area contributed by atoms with Crippen LogP contribution in [-0.2, 0) is 16.8 Å². The first-order chi connectivity index (χ1) is 12.3. The second-order valence-corrected chi connectivity index (χ2v) is 7.08. The molecule has 1 fully saturated rings. The number of benzene rings is 1. The number of H-pyrrole nitrogens is 1. The van der Waals surface area contributed by atoms with Gasteiger partial charge in [0.05, 0.1) is 31.0 Å². The Morgan fingerprint density at radius 1 is 1.35 bits per heavy atom. The van der Waals surface area contributed by atoms with Crippen LogP contribution in [0.3, 0.4) is 0 Å². The number of nitrogens with zero attached hydrogens (tertiary/aromatic N) is 2. The molecule has 1 aromatic carbocycles. The zero-order valence-corrected chi connectivity index (χ0v) is 14.4. The van der Waals surface area contributed by atoms with Gasteiger partial charge in [-0.3, -0.25) is 9.89 Å². The van der Waals surface area contributed by atoms with Crippen LogP contribution in [0.1, 0.15) is 47.3 Å². The monoisotopic (exact) mass is 363 g/mol. The van der Waals surface area contributed by atoms with Crippen molar-refractivity contribution in [3.63, 3.8) is 0 Å². The number of carbonyl (C=O) groups is 1. The number of amides is 1. The molecule has 6 nitrogen and oxygen atoms in total. The van der Waals surface area contributed by atoms with E-state index in [1.165, 1.54) is 11.0 Å². The minimum Gasteiger partial charge on any atom is -0.381 e. The number of hydrogen-bond acceptors (Lipinski definition) is 4. The lowest BCUT2D eigenvalue weighted by molar-refractivity contribution is -0.0868. The molecule has 3 heterocycles. The first-order valence-electron chi connectivity index (χ1n) is 8.48. The van der Waals surface area contributed by atoms with Crippen LogP contribution in [-0.4, -0.2) is 45.3 Å². The predicted molar refractivity (Wildman–Crippen MR) is 87.4 cm³/mol.